The molecule has 0 fully saturated rings. The van der Waals surface area contributed by atoms with Crippen LogP contribution in [0.15, 0.2) is 34.3 Å². The highest BCUT2D eigenvalue weighted by Crippen LogP contribution is 2.14. The molecule has 70 valence electrons. The van der Waals surface area contributed by atoms with Crippen molar-refractivity contribution in [3.05, 3.63) is 39.9 Å². The van der Waals surface area contributed by atoms with Gasteiger partial charge >= 0.3 is 0 Å². The van der Waals surface area contributed by atoms with Gasteiger partial charge < -0.3 is 5.73 Å². The highest BCUT2D eigenvalue weighted by molar-refractivity contribution is 9.10. The third kappa shape index (κ3) is 3.33. The van der Waals surface area contributed by atoms with Gasteiger partial charge in [-0.2, -0.15) is 0 Å². The van der Waals surface area contributed by atoms with E-state index in [1.165, 1.54) is 11.1 Å². The molecule has 0 atom stereocenters. The van der Waals surface area contributed by atoms with Crippen LogP contribution in [0, 0.1) is 0 Å². The Morgan fingerprint density at radius 3 is 2.85 bits per heavy atom. The molecule has 2 N–H and O–H groups in total. The average molecular weight is 240 g/mol. The number of hydrogen-bond donors (Lipinski definition) is 1. The second-order valence-corrected chi connectivity index (χ2v) is 3.83. The second-order valence-electron chi connectivity index (χ2n) is 2.92. The minimum atomic E-state index is 0.642. The first-order chi connectivity index (χ1) is 6.26. The van der Waals surface area contributed by atoms with E-state index in [1.807, 2.05) is 12.1 Å². The van der Waals surface area contributed by atoms with Crippen LogP contribution in [0.2, 0.25) is 0 Å². The quantitative estimate of drug-likeness (QED) is 0.862. The summed E-state index contributed by atoms with van der Waals surface area (Å²) >= 11 is 3.44. The van der Waals surface area contributed by atoms with Crippen molar-refractivity contribution < 1.29 is 0 Å². The number of hydrogen-bond acceptors (Lipinski definition) is 1. The summed E-state index contributed by atoms with van der Waals surface area (Å²) in [6.45, 7) is 2.76. The zero-order chi connectivity index (χ0) is 9.68. The van der Waals surface area contributed by atoms with Crippen molar-refractivity contribution in [3.63, 3.8) is 0 Å². The summed E-state index contributed by atoms with van der Waals surface area (Å²) in [5.74, 6) is 0. The van der Waals surface area contributed by atoms with Crippen molar-refractivity contribution >= 4 is 22.0 Å². The third-order valence-electron chi connectivity index (χ3n) is 1.94. The molecule has 2 heteroatoms. The first-order valence-corrected chi connectivity index (χ1v) is 5.20. The SMILES string of the molecule is CC/C(=C/c1cccc(Br)c1)CN. The summed E-state index contributed by atoms with van der Waals surface area (Å²) in [5, 5.41) is 0. The predicted molar refractivity (Wildman–Crippen MR) is 61.5 cm³/mol. The van der Waals surface area contributed by atoms with Crippen LogP contribution in [0.25, 0.3) is 6.08 Å². The third-order valence-corrected chi connectivity index (χ3v) is 2.43. The molecule has 1 aromatic carbocycles. The molecule has 1 aromatic rings. The van der Waals surface area contributed by atoms with E-state index >= 15 is 0 Å². The van der Waals surface area contributed by atoms with Gasteiger partial charge in [0.25, 0.3) is 0 Å². The molecule has 0 amide bonds. The monoisotopic (exact) mass is 239 g/mol. The Labute approximate surface area is 87.8 Å². The van der Waals surface area contributed by atoms with Gasteiger partial charge in [0.2, 0.25) is 0 Å². The van der Waals surface area contributed by atoms with Crippen molar-refractivity contribution in [1.29, 1.82) is 0 Å². The van der Waals surface area contributed by atoms with E-state index in [0.29, 0.717) is 6.54 Å². The van der Waals surface area contributed by atoms with Crippen molar-refractivity contribution in [1.82, 2.24) is 0 Å². The maximum Gasteiger partial charge on any atom is 0.0181 e. The summed E-state index contributed by atoms with van der Waals surface area (Å²) in [7, 11) is 0. The summed E-state index contributed by atoms with van der Waals surface area (Å²) < 4.78 is 1.11. The average Bonchev–Trinajstić information content (AvgIpc) is 2.14. The van der Waals surface area contributed by atoms with Gasteiger partial charge in [0.05, 0.1) is 0 Å². The van der Waals surface area contributed by atoms with Crippen LogP contribution in [0.5, 0.6) is 0 Å². The van der Waals surface area contributed by atoms with Crippen molar-refractivity contribution in [2.75, 3.05) is 6.54 Å². The Morgan fingerprint density at radius 2 is 2.31 bits per heavy atom. The lowest BCUT2D eigenvalue weighted by Crippen LogP contribution is -2.01. The van der Waals surface area contributed by atoms with Crippen LogP contribution in [0.1, 0.15) is 18.9 Å². The molecular weight excluding hydrogens is 226 g/mol. The van der Waals surface area contributed by atoms with Crippen LogP contribution in [0.3, 0.4) is 0 Å². The molecule has 0 aliphatic carbocycles. The molecule has 0 aliphatic rings. The topological polar surface area (TPSA) is 26.0 Å². The molecular formula is C11H14BrN. The molecule has 0 aromatic heterocycles. The highest BCUT2D eigenvalue weighted by atomic mass is 79.9. The van der Waals surface area contributed by atoms with Gasteiger partial charge in [-0.25, -0.2) is 0 Å². The number of halogens is 1. The molecule has 0 radical (unpaired) electrons. The van der Waals surface area contributed by atoms with E-state index < -0.39 is 0 Å². The van der Waals surface area contributed by atoms with Gasteiger partial charge in [-0.15, -0.1) is 0 Å². The Balaban J connectivity index is 2.89. The van der Waals surface area contributed by atoms with Crippen LogP contribution >= 0.6 is 15.9 Å². The second kappa shape index (κ2) is 5.20. The van der Waals surface area contributed by atoms with Crippen molar-refractivity contribution in [3.8, 4) is 0 Å². The van der Waals surface area contributed by atoms with Crippen LogP contribution in [-0.2, 0) is 0 Å². The molecule has 0 aliphatic heterocycles. The van der Waals surface area contributed by atoms with Crippen LogP contribution in [-0.4, -0.2) is 6.54 Å². The number of benzene rings is 1. The first-order valence-electron chi connectivity index (χ1n) is 4.41. The van der Waals surface area contributed by atoms with E-state index in [-0.39, 0.29) is 0 Å². The standard InChI is InChI=1S/C11H14BrN/c1-2-9(8-13)6-10-4-3-5-11(12)7-10/h3-7H,2,8,13H2,1H3/b9-6-. The molecule has 0 heterocycles. The van der Waals surface area contributed by atoms with Crippen molar-refractivity contribution in [2.45, 2.75) is 13.3 Å². The Bertz CT molecular complexity index is 299. The molecule has 0 saturated carbocycles. The van der Waals surface area contributed by atoms with E-state index in [0.717, 1.165) is 10.9 Å². The Hall–Kier alpha value is -0.600. The molecule has 0 spiro atoms. The summed E-state index contributed by atoms with van der Waals surface area (Å²) in [6, 6.07) is 8.21. The minimum Gasteiger partial charge on any atom is -0.327 e. The first kappa shape index (κ1) is 10.5. The lowest BCUT2D eigenvalue weighted by molar-refractivity contribution is 1.02. The zero-order valence-electron chi connectivity index (χ0n) is 7.76. The Kier molecular flexibility index (Phi) is 4.19. The summed E-state index contributed by atoms with van der Waals surface area (Å²) in [4.78, 5) is 0. The highest BCUT2D eigenvalue weighted by Gasteiger charge is 1.93. The van der Waals surface area contributed by atoms with E-state index in [4.69, 9.17) is 5.73 Å². The van der Waals surface area contributed by atoms with Gasteiger partial charge in [0.1, 0.15) is 0 Å². The van der Waals surface area contributed by atoms with Crippen LogP contribution < -0.4 is 5.73 Å². The fourth-order valence-electron chi connectivity index (χ4n) is 1.14. The molecule has 0 bridgehead atoms. The lowest BCUT2D eigenvalue weighted by atomic mass is 10.1. The summed E-state index contributed by atoms with van der Waals surface area (Å²) in [6.07, 6.45) is 3.16. The van der Waals surface area contributed by atoms with Gasteiger partial charge in [0.15, 0.2) is 0 Å². The normalized spacial score (nSPS) is 11.8. The van der Waals surface area contributed by atoms with E-state index in [2.05, 4.69) is 41.1 Å². The summed E-state index contributed by atoms with van der Waals surface area (Å²) in [5.41, 5.74) is 8.07. The molecule has 0 saturated heterocycles. The smallest absolute Gasteiger partial charge is 0.0181 e. The molecule has 13 heavy (non-hydrogen) atoms. The van der Waals surface area contributed by atoms with Crippen molar-refractivity contribution in [2.24, 2.45) is 5.73 Å². The maximum atomic E-state index is 5.59. The zero-order valence-corrected chi connectivity index (χ0v) is 9.34. The van der Waals surface area contributed by atoms with Gasteiger partial charge in [-0.1, -0.05) is 46.6 Å². The fraction of sp³-hybridized carbons (Fsp3) is 0.273. The van der Waals surface area contributed by atoms with Gasteiger partial charge in [-0.3, -0.25) is 0 Å². The molecule has 0 unspecified atom stereocenters. The largest absolute Gasteiger partial charge is 0.327 e. The minimum absolute atomic E-state index is 0.642. The maximum absolute atomic E-state index is 5.59. The van der Waals surface area contributed by atoms with Gasteiger partial charge in [0, 0.05) is 11.0 Å². The molecule has 1 nitrogen and oxygen atoms in total. The predicted octanol–water partition coefficient (Wildman–Crippen LogP) is 3.20. The molecule has 1 rings (SSSR count). The van der Waals surface area contributed by atoms with E-state index in [1.54, 1.807) is 0 Å². The Morgan fingerprint density at radius 1 is 1.54 bits per heavy atom. The van der Waals surface area contributed by atoms with E-state index in [9.17, 15) is 0 Å². The van der Waals surface area contributed by atoms with Crippen LogP contribution in [0.4, 0.5) is 0 Å². The number of nitrogens with two attached hydrogens (primary N) is 1. The fourth-order valence-corrected chi connectivity index (χ4v) is 1.55. The number of rotatable bonds is 3. The lowest BCUT2D eigenvalue weighted by Gasteiger charge is -2.00. The van der Waals surface area contributed by atoms with Gasteiger partial charge in [-0.05, 0) is 24.1 Å².